The van der Waals surface area contributed by atoms with Crippen molar-refractivity contribution < 1.29 is 5.21 Å². The van der Waals surface area contributed by atoms with Crippen molar-refractivity contribution in [2.75, 3.05) is 6.54 Å². The first kappa shape index (κ1) is 17.2. The molecule has 3 nitrogen and oxygen atoms in total. The third-order valence-electron chi connectivity index (χ3n) is 2.86. The van der Waals surface area contributed by atoms with Crippen LogP contribution in [0.25, 0.3) is 0 Å². The Hall–Kier alpha value is -0.160. The lowest BCUT2D eigenvalue weighted by molar-refractivity contribution is -0.189. The van der Waals surface area contributed by atoms with Crippen LogP contribution in [0, 0.1) is 0 Å². The van der Waals surface area contributed by atoms with Gasteiger partial charge in [0, 0.05) is 6.54 Å². The lowest BCUT2D eigenvalue weighted by Crippen LogP contribution is -2.49. The quantitative estimate of drug-likeness (QED) is 0.774. The largest absolute Gasteiger partial charge is 0.344 e. The Kier molecular flexibility index (Phi) is 9.25. The van der Waals surface area contributed by atoms with E-state index in [1.807, 2.05) is 12.2 Å². The zero-order chi connectivity index (χ0) is 9.73. The molecule has 0 aliphatic carbocycles. The summed E-state index contributed by atoms with van der Waals surface area (Å²) in [5, 5.41) is 11.3. The zero-order valence-electron chi connectivity index (χ0n) is 9.32. The van der Waals surface area contributed by atoms with Crippen molar-refractivity contribution in [1.29, 1.82) is 0 Å². The monoisotopic (exact) mass is 278 g/mol. The first-order valence-electron chi connectivity index (χ1n) is 4.93. The summed E-state index contributed by atoms with van der Waals surface area (Å²) in [7, 11) is 0. The minimum atomic E-state index is -0.109. The minimum Gasteiger partial charge on any atom is -0.344 e. The molecule has 0 aromatic heterocycles. The number of nitrogens with zero attached hydrogens (tertiary/aromatic N) is 1. The molecule has 1 saturated heterocycles. The van der Waals surface area contributed by atoms with Crippen molar-refractivity contribution >= 4 is 17.0 Å². The molecule has 1 rings (SSSR count). The third-order valence-corrected chi connectivity index (χ3v) is 2.86. The van der Waals surface area contributed by atoms with Crippen LogP contribution in [0.1, 0.15) is 32.1 Å². The molecule has 0 unspecified atom stereocenters. The van der Waals surface area contributed by atoms with E-state index in [0.717, 1.165) is 32.2 Å². The summed E-state index contributed by atoms with van der Waals surface area (Å²) in [5.41, 5.74) is -0.109. The van der Waals surface area contributed by atoms with Gasteiger partial charge in [-0.15, -0.1) is 30.1 Å². The van der Waals surface area contributed by atoms with Crippen molar-refractivity contribution in [3.05, 3.63) is 25.3 Å². The van der Waals surface area contributed by atoms with Gasteiger partial charge >= 0.3 is 0 Å². The summed E-state index contributed by atoms with van der Waals surface area (Å²) < 4.78 is 0. The second-order valence-corrected chi connectivity index (χ2v) is 3.79. The first-order chi connectivity index (χ1) is 6.25. The highest BCUT2D eigenvalue weighted by Gasteiger charge is 2.35. The number of hydrogen-bond donors (Lipinski definition) is 2. The molecule has 0 bridgehead atoms. The van der Waals surface area contributed by atoms with Crippen molar-refractivity contribution in [2.45, 2.75) is 37.6 Å². The maximum Gasteiger partial charge on any atom is 0.0528 e. The molecule has 0 radical (unpaired) electrons. The molecule has 0 saturated carbocycles. The number of halogens is 1. The number of hydrogen-bond acceptors (Lipinski definition) is 3. The molecule has 15 heavy (non-hydrogen) atoms. The van der Waals surface area contributed by atoms with Gasteiger partial charge in [-0.05, 0) is 25.7 Å². The number of piperidine rings is 1. The molecule has 0 aromatic carbocycles. The zero-order valence-corrected chi connectivity index (χ0v) is 11.0. The van der Waals surface area contributed by atoms with Crippen molar-refractivity contribution in [3.8, 4) is 0 Å². The second kappa shape index (κ2) is 8.05. The van der Waals surface area contributed by atoms with E-state index in [1.54, 1.807) is 0 Å². The van der Waals surface area contributed by atoms with E-state index in [1.165, 1.54) is 11.5 Å². The molecule has 90 valence electrons. The van der Waals surface area contributed by atoms with Gasteiger partial charge in [-0.2, -0.15) is 5.06 Å². The topological polar surface area (TPSA) is 58.5 Å². The smallest absolute Gasteiger partial charge is 0.0528 e. The maximum absolute atomic E-state index is 9.82. The predicted octanol–water partition coefficient (Wildman–Crippen LogP) is 3.49. The van der Waals surface area contributed by atoms with Crippen molar-refractivity contribution in [2.24, 2.45) is 0 Å². The molecule has 4 heteroatoms. The highest BCUT2D eigenvalue weighted by Crippen LogP contribution is 2.33. The van der Waals surface area contributed by atoms with Gasteiger partial charge in [0.25, 0.3) is 0 Å². The van der Waals surface area contributed by atoms with Gasteiger partial charge in [0.15, 0.2) is 0 Å². The summed E-state index contributed by atoms with van der Waals surface area (Å²) in [5.74, 6) is 0. The SMILES string of the molecule is Br.C=CCC1(CC=C)CCCCN1O.N. The Bertz CT molecular complexity index is 187. The molecular weight excluding hydrogens is 256 g/mol. The minimum absolute atomic E-state index is 0. The molecule has 0 amide bonds. The number of hydroxylamine groups is 2. The molecular formula is C11H23BrN2O. The molecule has 1 heterocycles. The molecule has 4 N–H and O–H groups in total. The summed E-state index contributed by atoms with van der Waals surface area (Å²) in [6, 6.07) is 0. The predicted molar refractivity (Wildman–Crippen MR) is 70.0 cm³/mol. The molecule has 0 spiro atoms. The fourth-order valence-electron chi connectivity index (χ4n) is 2.12. The molecule has 0 aromatic rings. The van der Waals surface area contributed by atoms with Crippen LogP contribution in [0.3, 0.4) is 0 Å². The van der Waals surface area contributed by atoms with Crippen LogP contribution < -0.4 is 6.15 Å². The Morgan fingerprint density at radius 1 is 1.20 bits per heavy atom. The first-order valence-corrected chi connectivity index (χ1v) is 4.93. The Morgan fingerprint density at radius 3 is 2.13 bits per heavy atom. The lowest BCUT2D eigenvalue weighted by atomic mass is 9.82. The van der Waals surface area contributed by atoms with Gasteiger partial charge in [0.05, 0.1) is 5.54 Å². The van der Waals surface area contributed by atoms with E-state index in [2.05, 4.69) is 13.2 Å². The second-order valence-electron chi connectivity index (χ2n) is 3.79. The Balaban J connectivity index is 0. The van der Waals surface area contributed by atoms with Gasteiger partial charge in [-0.3, -0.25) is 0 Å². The summed E-state index contributed by atoms with van der Waals surface area (Å²) in [6.07, 6.45) is 8.79. The standard InChI is InChI=1S/C11H19NO.BrH.H3N/c1-3-7-11(8-4-2)9-5-6-10-12(11)13;;/h3-4,13H,1-2,5-10H2;1H;1H3. The van der Waals surface area contributed by atoms with Crippen LogP contribution in [0.2, 0.25) is 0 Å². The average molecular weight is 279 g/mol. The normalized spacial score (nSPS) is 19.5. The Labute approximate surface area is 103 Å². The summed E-state index contributed by atoms with van der Waals surface area (Å²) >= 11 is 0. The average Bonchev–Trinajstić information content (AvgIpc) is 2.11. The molecule has 0 atom stereocenters. The number of rotatable bonds is 4. The highest BCUT2D eigenvalue weighted by molar-refractivity contribution is 8.93. The van der Waals surface area contributed by atoms with Crippen LogP contribution >= 0.6 is 17.0 Å². The van der Waals surface area contributed by atoms with Crippen LogP contribution in [-0.4, -0.2) is 22.4 Å². The van der Waals surface area contributed by atoms with Gasteiger partial charge in [0.2, 0.25) is 0 Å². The van der Waals surface area contributed by atoms with E-state index in [4.69, 9.17) is 0 Å². The van der Waals surface area contributed by atoms with Crippen LogP contribution in [-0.2, 0) is 0 Å². The third kappa shape index (κ3) is 4.07. The Morgan fingerprint density at radius 2 is 1.73 bits per heavy atom. The molecule has 1 aliphatic heterocycles. The van der Waals surface area contributed by atoms with E-state index in [-0.39, 0.29) is 28.7 Å². The van der Waals surface area contributed by atoms with Crippen molar-refractivity contribution in [3.63, 3.8) is 0 Å². The fraction of sp³-hybridized carbons (Fsp3) is 0.636. The van der Waals surface area contributed by atoms with E-state index in [0.29, 0.717) is 0 Å². The molecule has 1 fully saturated rings. The van der Waals surface area contributed by atoms with Crippen LogP contribution in [0.4, 0.5) is 0 Å². The van der Waals surface area contributed by atoms with Crippen LogP contribution in [0.15, 0.2) is 25.3 Å². The van der Waals surface area contributed by atoms with Crippen molar-refractivity contribution in [1.82, 2.24) is 11.2 Å². The molecule has 1 aliphatic rings. The summed E-state index contributed by atoms with van der Waals surface area (Å²) in [6.45, 7) is 8.27. The van der Waals surface area contributed by atoms with E-state index in [9.17, 15) is 5.21 Å². The van der Waals surface area contributed by atoms with Crippen LogP contribution in [0.5, 0.6) is 0 Å². The lowest BCUT2D eigenvalue weighted by Gasteiger charge is -2.42. The van der Waals surface area contributed by atoms with Gasteiger partial charge in [-0.25, -0.2) is 0 Å². The van der Waals surface area contributed by atoms with Gasteiger partial charge < -0.3 is 11.4 Å². The fourth-order valence-corrected chi connectivity index (χ4v) is 2.12. The maximum atomic E-state index is 9.82. The van der Waals surface area contributed by atoms with Gasteiger partial charge in [0.1, 0.15) is 0 Å². The van der Waals surface area contributed by atoms with Gasteiger partial charge in [-0.1, -0.05) is 18.6 Å². The summed E-state index contributed by atoms with van der Waals surface area (Å²) in [4.78, 5) is 0. The van der Waals surface area contributed by atoms with E-state index >= 15 is 0 Å². The highest BCUT2D eigenvalue weighted by atomic mass is 79.9. The van der Waals surface area contributed by atoms with E-state index < -0.39 is 0 Å².